The van der Waals surface area contributed by atoms with Gasteiger partial charge in [0, 0.05) is 5.41 Å². The third kappa shape index (κ3) is 0.963. The van der Waals surface area contributed by atoms with Crippen molar-refractivity contribution in [1.29, 1.82) is 10.5 Å². The van der Waals surface area contributed by atoms with Crippen molar-refractivity contribution >= 4 is 5.84 Å². The van der Waals surface area contributed by atoms with E-state index in [4.69, 9.17) is 15.2 Å². The summed E-state index contributed by atoms with van der Waals surface area (Å²) in [5, 5.41) is 19.6. The molecular formula is C14H18N4O2. The Morgan fingerprint density at radius 2 is 1.95 bits per heavy atom. The van der Waals surface area contributed by atoms with Crippen LogP contribution in [0, 0.1) is 38.9 Å². The van der Waals surface area contributed by atoms with Gasteiger partial charge in [-0.05, 0) is 6.42 Å². The van der Waals surface area contributed by atoms with Gasteiger partial charge in [-0.25, -0.2) is 4.99 Å². The molecule has 3 rings (SSSR count). The highest BCUT2D eigenvalue weighted by molar-refractivity contribution is 6.00. The van der Waals surface area contributed by atoms with Crippen LogP contribution in [0.15, 0.2) is 4.99 Å². The molecule has 1 spiro atoms. The molecule has 0 aromatic rings. The number of nitrogens with two attached hydrogens (primary N) is 1. The van der Waals surface area contributed by atoms with Crippen LogP contribution in [0.3, 0.4) is 0 Å². The van der Waals surface area contributed by atoms with Crippen LogP contribution in [0.4, 0.5) is 0 Å². The summed E-state index contributed by atoms with van der Waals surface area (Å²) in [5.74, 6) is -1.20. The Kier molecular flexibility index (Phi) is 2.48. The van der Waals surface area contributed by atoms with Crippen LogP contribution in [-0.4, -0.2) is 25.0 Å². The molecule has 20 heavy (non-hydrogen) atoms. The minimum Gasteiger partial charge on any atom is -0.386 e. The van der Waals surface area contributed by atoms with Crippen LogP contribution in [0.25, 0.3) is 0 Å². The van der Waals surface area contributed by atoms with E-state index in [1.165, 1.54) is 0 Å². The molecule has 0 bridgehead atoms. The van der Waals surface area contributed by atoms with Crippen LogP contribution in [0.1, 0.15) is 33.1 Å². The third-order valence-corrected chi connectivity index (χ3v) is 5.33. The molecule has 6 heteroatoms. The van der Waals surface area contributed by atoms with E-state index in [9.17, 15) is 10.5 Å². The van der Waals surface area contributed by atoms with Crippen LogP contribution >= 0.6 is 0 Å². The maximum atomic E-state index is 9.85. The van der Waals surface area contributed by atoms with Crippen molar-refractivity contribution in [3.63, 3.8) is 0 Å². The fourth-order valence-corrected chi connectivity index (χ4v) is 4.30. The number of hydrogen-bond acceptors (Lipinski definition) is 6. The first-order valence-corrected chi connectivity index (χ1v) is 6.98. The second kappa shape index (κ2) is 3.72. The van der Waals surface area contributed by atoms with Crippen molar-refractivity contribution in [2.75, 3.05) is 13.2 Å². The Morgan fingerprint density at radius 1 is 1.30 bits per heavy atom. The Bertz CT molecular complexity index is 569. The van der Waals surface area contributed by atoms with Gasteiger partial charge < -0.3 is 15.2 Å². The number of fused-ring (bicyclic) bond motifs is 2. The van der Waals surface area contributed by atoms with E-state index in [-0.39, 0.29) is 5.84 Å². The minimum absolute atomic E-state index is 0.182. The zero-order valence-electron chi connectivity index (χ0n) is 11.8. The molecule has 0 unspecified atom stereocenters. The smallest absolute Gasteiger partial charge is 0.293 e. The fourth-order valence-electron chi connectivity index (χ4n) is 4.30. The normalized spacial score (nSPS) is 43.7. The molecule has 0 radical (unpaired) electrons. The summed E-state index contributed by atoms with van der Waals surface area (Å²) in [6.07, 6.45) is 2.65. The van der Waals surface area contributed by atoms with E-state index in [2.05, 4.69) is 24.1 Å². The molecule has 0 aromatic heterocycles. The van der Waals surface area contributed by atoms with E-state index in [0.29, 0.717) is 13.2 Å². The Balaban J connectivity index is 2.16. The summed E-state index contributed by atoms with van der Waals surface area (Å²) < 4.78 is 11.3. The van der Waals surface area contributed by atoms with Gasteiger partial charge in [-0.2, -0.15) is 10.5 Å². The standard InChI is InChI=1S/C14H18N4O2/c1-3-4-5-11(2)12(8-15)10(17)18-14(13(11,12)9-16)19-6-7-20-14/h3-7H2,1-2H3,(H2,17,18)/t11-,12+,13-/m1/s1. The lowest BCUT2D eigenvalue weighted by Crippen LogP contribution is -2.40. The first-order chi connectivity index (χ1) is 9.52. The molecular weight excluding hydrogens is 256 g/mol. The molecule has 0 amide bonds. The lowest BCUT2D eigenvalue weighted by molar-refractivity contribution is -0.191. The van der Waals surface area contributed by atoms with Crippen molar-refractivity contribution in [2.45, 2.75) is 39.0 Å². The van der Waals surface area contributed by atoms with Gasteiger partial charge in [0.05, 0.1) is 25.4 Å². The minimum atomic E-state index is -1.38. The number of rotatable bonds is 3. The van der Waals surface area contributed by atoms with Gasteiger partial charge in [0.2, 0.25) is 0 Å². The van der Waals surface area contributed by atoms with E-state index in [1.54, 1.807) is 0 Å². The van der Waals surface area contributed by atoms with Gasteiger partial charge in [0.15, 0.2) is 5.41 Å². The van der Waals surface area contributed by atoms with Gasteiger partial charge in [0.1, 0.15) is 11.3 Å². The van der Waals surface area contributed by atoms with Crippen LogP contribution < -0.4 is 5.73 Å². The molecule has 2 aliphatic heterocycles. The van der Waals surface area contributed by atoms with Gasteiger partial charge >= 0.3 is 0 Å². The quantitative estimate of drug-likeness (QED) is 0.834. The van der Waals surface area contributed by atoms with Gasteiger partial charge in [-0.3, -0.25) is 0 Å². The van der Waals surface area contributed by atoms with Crippen LogP contribution in [0.5, 0.6) is 0 Å². The molecule has 2 N–H and O–H groups in total. The Labute approximate surface area is 118 Å². The van der Waals surface area contributed by atoms with E-state index in [1.807, 2.05) is 6.92 Å². The third-order valence-electron chi connectivity index (χ3n) is 5.33. The lowest BCUT2D eigenvalue weighted by Gasteiger charge is -2.29. The summed E-state index contributed by atoms with van der Waals surface area (Å²) in [4.78, 5) is 4.24. The summed E-state index contributed by atoms with van der Waals surface area (Å²) in [6.45, 7) is 4.75. The zero-order valence-corrected chi connectivity index (χ0v) is 11.8. The summed E-state index contributed by atoms with van der Waals surface area (Å²) in [6, 6.07) is 4.57. The predicted octanol–water partition coefficient (Wildman–Crippen LogP) is 1.29. The van der Waals surface area contributed by atoms with Crippen molar-refractivity contribution in [1.82, 2.24) is 0 Å². The SMILES string of the molecule is CCCC[C@]1(C)[C@]2(C#N)C(N)=NC3(OCCO3)[C@]12C#N. The molecule has 0 aromatic carbocycles. The number of unbranched alkanes of at least 4 members (excludes halogenated alkanes) is 1. The van der Waals surface area contributed by atoms with Crippen molar-refractivity contribution in [3.05, 3.63) is 0 Å². The average Bonchev–Trinajstić information content (AvgIpc) is 2.75. The lowest BCUT2D eigenvalue weighted by atomic mass is 9.87. The van der Waals surface area contributed by atoms with Crippen LogP contribution in [0.2, 0.25) is 0 Å². The predicted molar refractivity (Wildman–Crippen MR) is 70.0 cm³/mol. The van der Waals surface area contributed by atoms with Gasteiger partial charge in [-0.15, -0.1) is 0 Å². The Hall–Kier alpha value is -1.63. The monoisotopic (exact) mass is 274 g/mol. The average molecular weight is 274 g/mol. The second-order valence-corrected chi connectivity index (χ2v) is 5.94. The summed E-state index contributed by atoms with van der Waals surface area (Å²) in [7, 11) is 0. The van der Waals surface area contributed by atoms with E-state index < -0.39 is 22.2 Å². The molecule has 1 aliphatic carbocycles. The highest BCUT2D eigenvalue weighted by Gasteiger charge is 2.99. The molecule has 6 nitrogen and oxygen atoms in total. The highest BCUT2D eigenvalue weighted by atomic mass is 16.8. The summed E-state index contributed by atoms with van der Waals surface area (Å²) in [5.41, 5.74) is 3.25. The number of aliphatic imine (C=N–C) groups is 1. The fraction of sp³-hybridized carbons (Fsp3) is 0.786. The molecule has 3 atom stereocenters. The largest absolute Gasteiger partial charge is 0.386 e. The number of nitriles is 2. The number of ether oxygens (including phenoxy) is 2. The second-order valence-electron chi connectivity index (χ2n) is 5.94. The number of nitrogens with zero attached hydrogens (tertiary/aromatic N) is 3. The zero-order chi connectivity index (χ0) is 14.6. The highest BCUT2D eigenvalue weighted by Crippen LogP contribution is 2.86. The Morgan fingerprint density at radius 3 is 2.45 bits per heavy atom. The molecule has 2 fully saturated rings. The van der Waals surface area contributed by atoms with Gasteiger partial charge in [0.25, 0.3) is 5.91 Å². The molecule has 3 aliphatic rings. The molecule has 1 saturated heterocycles. The van der Waals surface area contributed by atoms with Crippen LogP contribution in [-0.2, 0) is 9.47 Å². The maximum absolute atomic E-state index is 9.85. The van der Waals surface area contributed by atoms with Crippen molar-refractivity contribution < 1.29 is 9.47 Å². The van der Waals surface area contributed by atoms with E-state index in [0.717, 1.165) is 19.3 Å². The maximum Gasteiger partial charge on any atom is 0.293 e. The summed E-state index contributed by atoms with van der Waals surface area (Å²) >= 11 is 0. The number of amidine groups is 1. The van der Waals surface area contributed by atoms with E-state index >= 15 is 0 Å². The molecule has 1 saturated carbocycles. The first kappa shape index (κ1) is 13.4. The molecule has 106 valence electrons. The topological polar surface area (TPSA) is 104 Å². The first-order valence-electron chi connectivity index (χ1n) is 6.98. The van der Waals surface area contributed by atoms with Gasteiger partial charge in [-0.1, -0.05) is 26.7 Å². The van der Waals surface area contributed by atoms with Crippen molar-refractivity contribution in [3.8, 4) is 12.1 Å². The van der Waals surface area contributed by atoms with Crippen molar-refractivity contribution in [2.24, 2.45) is 27.0 Å². The number of hydrogen-bond donors (Lipinski definition) is 1. The molecule has 2 heterocycles.